The molecular formula is C23H28O5S. The van der Waals surface area contributed by atoms with Crippen LogP contribution in [0.4, 0.5) is 0 Å². The first-order valence-corrected chi connectivity index (χ1v) is 10.4. The van der Waals surface area contributed by atoms with Crippen molar-refractivity contribution in [3.05, 3.63) is 66.2 Å². The minimum Gasteiger partial charge on any atom is -0.466 e. The lowest BCUT2D eigenvalue weighted by Gasteiger charge is -2.30. The van der Waals surface area contributed by atoms with E-state index < -0.39 is 34.8 Å². The minimum atomic E-state index is -1.22. The Morgan fingerprint density at radius 2 is 1.52 bits per heavy atom. The molecule has 1 N–H and O–H groups in total. The first kappa shape index (κ1) is 23.0. The van der Waals surface area contributed by atoms with Crippen molar-refractivity contribution in [3.63, 3.8) is 0 Å². The highest BCUT2D eigenvalue weighted by Crippen LogP contribution is 2.37. The SMILES string of the molecule is CCOC(=O)[C@H](C(Sc1ccccc1)C(=O)OC(C)(C)C)[C@H](O)c1ccccc1. The zero-order chi connectivity index (χ0) is 21.4. The Balaban J connectivity index is 2.46. The van der Waals surface area contributed by atoms with Crippen molar-refractivity contribution >= 4 is 23.7 Å². The van der Waals surface area contributed by atoms with E-state index in [1.165, 1.54) is 11.8 Å². The van der Waals surface area contributed by atoms with Crippen molar-refractivity contribution < 1.29 is 24.2 Å². The van der Waals surface area contributed by atoms with Gasteiger partial charge < -0.3 is 14.6 Å². The Morgan fingerprint density at radius 1 is 0.966 bits per heavy atom. The molecular weight excluding hydrogens is 388 g/mol. The lowest BCUT2D eigenvalue weighted by molar-refractivity contribution is -0.164. The van der Waals surface area contributed by atoms with Crippen LogP contribution in [0.2, 0.25) is 0 Å². The molecule has 2 aromatic carbocycles. The first-order valence-electron chi connectivity index (χ1n) is 9.57. The van der Waals surface area contributed by atoms with Crippen LogP contribution >= 0.6 is 11.8 Å². The third-order valence-corrected chi connectivity index (χ3v) is 5.30. The standard InChI is InChI=1S/C23H28O5S/c1-5-27-21(25)18(19(24)16-12-8-6-9-13-16)20(22(26)28-23(2,3)4)29-17-14-10-7-11-15-17/h6-15,18-20,24H,5H2,1-4H3/t18-,19+,20?/m0/s1. The van der Waals surface area contributed by atoms with Crippen LogP contribution < -0.4 is 0 Å². The number of benzene rings is 2. The molecule has 3 atom stereocenters. The second-order valence-corrected chi connectivity index (χ2v) is 8.73. The van der Waals surface area contributed by atoms with Gasteiger partial charge in [-0.15, -0.1) is 11.8 Å². The Hall–Kier alpha value is -2.31. The van der Waals surface area contributed by atoms with Gasteiger partial charge in [0.15, 0.2) is 0 Å². The zero-order valence-corrected chi connectivity index (χ0v) is 18.0. The summed E-state index contributed by atoms with van der Waals surface area (Å²) in [4.78, 5) is 26.7. The summed E-state index contributed by atoms with van der Waals surface area (Å²) in [5.74, 6) is -2.33. The number of thioether (sulfide) groups is 1. The Kier molecular flexibility index (Phi) is 8.29. The molecule has 0 saturated carbocycles. The molecule has 0 amide bonds. The van der Waals surface area contributed by atoms with Crippen LogP contribution in [0.25, 0.3) is 0 Å². The molecule has 2 aromatic rings. The molecule has 156 valence electrons. The van der Waals surface area contributed by atoms with Crippen LogP contribution in [-0.4, -0.2) is 34.5 Å². The van der Waals surface area contributed by atoms with Gasteiger partial charge in [0.2, 0.25) is 0 Å². The van der Waals surface area contributed by atoms with Gasteiger partial charge in [0.1, 0.15) is 16.8 Å². The van der Waals surface area contributed by atoms with E-state index in [9.17, 15) is 14.7 Å². The summed E-state index contributed by atoms with van der Waals surface area (Å²) in [6.07, 6.45) is -1.22. The third kappa shape index (κ3) is 6.91. The summed E-state index contributed by atoms with van der Waals surface area (Å²) in [6, 6.07) is 18.1. The van der Waals surface area contributed by atoms with E-state index >= 15 is 0 Å². The second kappa shape index (κ2) is 10.5. The predicted molar refractivity (Wildman–Crippen MR) is 113 cm³/mol. The van der Waals surface area contributed by atoms with E-state index in [-0.39, 0.29) is 6.61 Å². The van der Waals surface area contributed by atoms with E-state index in [2.05, 4.69) is 0 Å². The van der Waals surface area contributed by atoms with E-state index in [0.717, 1.165) is 4.90 Å². The number of rotatable bonds is 8. The molecule has 0 fully saturated rings. The van der Waals surface area contributed by atoms with E-state index in [4.69, 9.17) is 9.47 Å². The third-order valence-electron chi connectivity index (χ3n) is 4.01. The average molecular weight is 417 g/mol. The summed E-state index contributed by atoms with van der Waals surface area (Å²) in [5.41, 5.74) is -0.198. The van der Waals surface area contributed by atoms with Crippen LogP contribution in [0.3, 0.4) is 0 Å². The molecule has 0 saturated heterocycles. The van der Waals surface area contributed by atoms with Crippen molar-refractivity contribution in [1.82, 2.24) is 0 Å². The molecule has 6 heteroatoms. The summed E-state index contributed by atoms with van der Waals surface area (Å²) in [5, 5.41) is 10.1. The monoisotopic (exact) mass is 416 g/mol. The zero-order valence-electron chi connectivity index (χ0n) is 17.2. The highest BCUT2D eigenvalue weighted by Gasteiger charge is 2.43. The van der Waals surface area contributed by atoms with Crippen LogP contribution in [0.5, 0.6) is 0 Å². The molecule has 0 aromatic heterocycles. The molecule has 0 radical (unpaired) electrons. The first-order chi connectivity index (χ1) is 13.7. The molecule has 5 nitrogen and oxygen atoms in total. The van der Waals surface area contributed by atoms with Gasteiger partial charge in [-0.25, -0.2) is 0 Å². The molecule has 0 aliphatic carbocycles. The average Bonchev–Trinajstić information content (AvgIpc) is 2.67. The van der Waals surface area contributed by atoms with Crippen molar-refractivity contribution in [3.8, 4) is 0 Å². The van der Waals surface area contributed by atoms with Gasteiger partial charge in [0.05, 0.1) is 12.7 Å². The van der Waals surface area contributed by atoms with Gasteiger partial charge in [-0.3, -0.25) is 9.59 Å². The Labute approximate surface area is 176 Å². The van der Waals surface area contributed by atoms with E-state index in [0.29, 0.717) is 5.56 Å². The van der Waals surface area contributed by atoms with Gasteiger partial charge in [-0.1, -0.05) is 48.5 Å². The number of ether oxygens (including phenoxy) is 2. The number of carbonyl (C=O) groups excluding carboxylic acids is 2. The summed E-state index contributed by atoms with van der Waals surface area (Å²) in [6.45, 7) is 7.14. The molecule has 0 aliphatic rings. The molecule has 0 bridgehead atoms. The van der Waals surface area contributed by atoms with Gasteiger partial charge in [-0.05, 0) is 45.4 Å². The topological polar surface area (TPSA) is 72.8 Å². The smallest absolute Gasteiger partial charge is 0.320 e. The van der Waals surface area contributed by atoms with Gasteiger partial charge in [-0.2, -0.15) is 0 Å². The number of hydrogen-bond donors (Lipinski definition) is 1. The van der Waals surface area contributed by atoms with E-state index in [1.54, 1.807) is 52.0 Å². The van der Waals surface area contributed by atoms with Gasteiger partial charge in [0.25, 0.3) is 0 Å². The highest BCUT2D eigenvalue weighted by molar-refractivity contribution is 8.00. The van der Waals surface area contributed by atoms with Gasteiger partial charge in [0, 0.05) is 4.90 Å². The van der Waals surface area contributed by atoms with Crippen LogP contribution in [0.1, 0.15) is 39.4 Å². The van der Waals surface area contributed by atoms with Crippen molar-refractivity contribution in [2.75, 3.05) is 6.61 Å². The van der Waals surface area contributed by atoms with Crippen molar-refractivity contribution in [2.24, 2.45) is 5.92 Å². The van der Waals surface area contributed by atoms with Crippen molar-refractivity contribution in [2.45, 2.75) is 49.5 Å². The van der Waals surface area contributed by atoms with E-state index in [1.807, 2.05) is 36.4 Å². The fourth-order valence-electron chi connectivity index (χ4n) is 2.79. The number of aliphatic hydroxyl groups is 1. The van der Waals surface area contributed by atoms with Crippen LogP contribution in [0.15, 0.2) is 65.6 Å². The summed E-state index contributed by atoms with van der Waals surface area (Å²) in [7, 11) is 0. The maximum atomic E-state index is 13.1. The summed E-state index contributed by atoms with van der Waals surface area (Å²) < 4.78 is 10.8. The van der Waals surface area contributed by atoms with Crippen LogP contribution in [-0.2, 0) is 19.1 Å². The lowest BCUT2D eigenvalue weighted by Crippen LogP contribution is -2.41. The fourth-order valence-corrected chi connectivity index (χ4v) is 3.95. The molecule has 0 aliphatic heterocycles. The van der Waals surface area contributed by atoms with Crippen LogP contribution in [0, 0.1) is 5.92 Å². The number of hydrogen-bond acceptors (Lipinski definition) is 6. The summed E-state index contributed by atoms with van der Waals surface area (Å²) >= 11 is 1.19. The maximum Gasteiger partial charge on any atom is 0.320 e. The second-order valence-electron chi connectivity index (χ2n) is 7.52. The fraction of sp³-hybridized carbons (Fsp3) is 0.391. The minimum absolute atomic E-state index is 0.147. The van der Waals surface area contributed by atoms with Gasteiger partial charge >= 0.3 is 11.9 Å². The van der Waals surface area contributed by atoms with Crippen molar-refractivity contribution in [1.29, 1.82) is 0 Å². The number of carbonyl (C=O) groups is 2. The lowest BCUT2D eigenvalue weighted by atomic mass is 9.92. The predicted octanol–water partition coefficient (Wildman–Crippen LogP) is 4.40. The molecule has 0 spiro atoms. The normalized spacial score (nSPS) is 14.5. The Morgan fingerprint density at radius 3 is 2.03 bits per heavy atom. The number of esters is 2. The molecule has 29 heavy (non-hydrogen) atoms. The largest absolute Gasteiger partial charge is 0.466 e. The molecule has 2 rings (SSSR count). The molecule has 1 unspecified atom stereocenters. The highest BCUT2D eigenvalue weighted by atomic mass is 32.2. The molecule has 0 heterocycles. The Bertz CT molecular complexity index is 786. The number of aliphatic hydroxyl groups excluding tert-OH is 1. The maximum absolute atomic E-state index is 13.1. The quantitative estimate of drug-likeness (QED) is 0.508.